The lowest BCUT2D eigenvalue weighted by Gasteiger charge is -2.08. The Morgan fingerprint density at radius 2 is 1.83 bits per heavy atom. The third kappa shape index (κ3) is 3.82. The van der Waals surface area contributed by atoms with E-state index in [0.717, 1.165) is 35.3 Å². The quantitative estimate of drug-likeness (QED) is 0.621. The average molecular weight is 323 g/mol. The fourth-order valence-corrected chi connectivity index (χ4v) is 3.57. The molecule has 0 aliphatic carbocycles. The molecule has 0 spiro atoms. The van der Waals surface area contributed by atoms with E-state index in [4.69, 9.17) is 0 Å². The Labute approximate surface area is 141 Å². The average Bonchev–Trinajstić information content (AvgIpc) is 2.99. The van der Waals surface area contributed by atoms with Crippen molar-refractivity contribution in [1.82, 2.24) is 14.8 Å². The summed E-state index contributed by atoms with van der Waals surface area (Å²) in [5, 5.41) is 9.82. The maximum absolute atomic E-state index is 4.42. The number of hydrogen-bond acceptors (Lipinski definition) is 3. The number of aryl methyl sites for hydroxylation is 2. The van der Waals surface area contributed by atoms with Crippen LogP contribution >= 0.6 is 11.8 Å². The standard InChI is InChI=1S/C19H21N3S/c1-3-22-18(17-11-7-8-15(2)14-17)20-21-19(22)23-13-12-16-9-5-4-6-10-16/h4-11,14H,3,12-13H2,1-2H3. The van der Waals surface area contributed by atoms with E-state index >= 15 is 0 Å². The summed E-state index contributed by atoms with van der Waals surface area (Å²) < 4.78 is 2.20. The van der Waals surface area contributed by atoms with Gasteiger partial charge in [-0.05, 0) is 31.9 Å². The number of aromatic nitrogens is 3. The van der Waals surface area contributed by atoms with Crippen molar-refractivity contribution in [3.63, 3.8) is 0 Å². The molecule has 0 saturated heterocycles. The van der Waals surface area contributed by atoms with Gasteiger partial charge in [0.1, 0.15) is 0 Å². The molecular weight excluding hydrogens is 302 g/mol. The summed E-state index contributed by atoms with van der Waals surface area (Å²) in [5.41, 5.74) is 3.74. The maximum atomic E-state index is 4.42. The van der Waals surface area contributed by atoms with E-state index in [2.05, 4.69) is 83.2 Å². The van der Waals surface area contributed by atoms with Gasteiger partial charge in [0, 0.05) is 17.9 Å². The summed E-state index contributed by atoms with van der Waals surface area (Å²) in [4.78, 5) is 0. The topological polar surface area (TPSA) is 30.7 Å². The van der Waals surface area contributed by atoms with Gasteiger partial charge in [-0.2, -0.15) is 0 Å². The van der Waals surface area contributed by atoms with Crippen molar-refractivity contribution in [3.05, 3.63) is 65.7 Å². The second-order valence-electron chi connectivity index (χ2n) is 5.50. The third-order valence-corrected chi connectivity index (χ3v) is 4.74. The van der Waals surface area contributed by atoms with Crippen LogP contribution in [-0.2, 0) is 13.0 Å². The second kappa shape index (κ2) is 7.47. The Hall–Kier alpha value is -2.07. The smallest absolute Gasteiger partial charge is 0.191 e. The monoisotopic (exact) mass is 323 g/mol. The van der Waals surface area contributed by atoms with E-state index in [1.54, 1.807) is 11.8 Å². The first-order chi connectivity index (χ1) is 11.3. The Bertz CT molecular complexity index is 765. The SMILES string of the molecule is CCn1c(SCCc2ccccc2)nnc1-c1cccc(C)c1. The van der Waals surface area contributed by atoms with Crippen LogP contribution < -0.4 is 0 Å². The number of thioether (sulfide) groups is 1. The molecule has 2 aromatic carbocycles. The van der Waals surface area contributed by atoms with Crippen molar-refractivity contribution in [2.75, 3.05) is 5.75 Å². The van der Waals surface area contributed by atoms with E-state index in [-0.39, 0.29) is 0 Å². The predicted molar refractivity (Wildman–Crippen MR) is 96.7 cm³/mol. The first-order valence-corrected chi connectivity index (χ1v) is 8.93. The zero-order valence-corrected chi connectivity index (χ0v) is 14.4. The second-order valence-corrected chi connectivity index (χ2v) is 6.57. The van der Waals surface area contributed by atoms with Gasteiger partial charge in [-0.3, -0.25) is 0 Å². The zero-order valence-electron chi connectivity index (χ0n) is 13.6. The van der Waals surface area contributed by atoms with Crippen LogP contribution in [0.1, 0.15) is 18.1 Å². The molecule has 0 unspecified atom stereocenters. The van der Waals surface area contributed by atoms with E-state index in [9.17, 15) is 0 Å². The van der Waals surface area contributed by atoms with Crippen molar-refractivity contribution < 1.29 is 0 Å². The van der Waals surface area contributed by atoms with Gasteiger partial charge in [0.25, 0.3) is 0 Å². The third-order valence-electron chi connectivity index (χ3n) is 3.77. The van der Waals surface area contributed by atoms with Crippen LogP contribution in [0.2, 0.25) is 0 Å². The number of rotatable bonds is 6. The Morgan fingerprint density at radius 1 is 1.00 bits per heavy atom. The van der Waals surface area contributed by atoms with E-state index < -0.39 is 0 Å². The highest BCUT2D eigenvalue weighted by molar-refractivity contribution is 7.99. The van der Waals surface area contributed by atoms with Crippen LogP contribution in [0.3, 0.4) is 0 Å². The Morgan fingerprint density at radius 3 is 2.57 bits per heavy atom. The lowest BCUT2D eigenvalue weighted by molar-refractivity contribution is 0.687. The van der Waals surface area contributed by atoms with Gasteiger partial charge in [0.2, 0.25) is 0 Å². The van der Waals surface area contributed by atoms with Crippen molar-refractivity contribution in [2.24, 2.45) is 0 Å². The lowest BCUT2D eigenvalue weighted by Crippen LogP contribution is -2.00. The largest absolute Gasteiger partial charge is 0.302 e. The highest BCUT2D eigenvalue weighted by Crippen LogP contribution is 2.25. The zero-order chi connectivity index (χ0) is 16.1. The minimum atomic E-state index is 0.879. The molecule has 0 radical (unpaired) electrons. The lowest BCUT2D eigenvalue weighted by atomic mass is 10.1. The van der Waals surface area contributed by atoms with Gasteiger partial charge >= 0.3 is 0 Å². The molecule has 0 atom stereocenters. The van der Waals surface area contributed by atoms with Gasteiger partial charge in [0.05, 0.1) is 0 Å². The normalized spacial score (nSPS) is 10.9. The Kier molecular flexibility index (Phi) is 5.13. The molecular formula is C19H21N3S. The molecule has 3 rings (SSSR count). The number of hydrogen-bond donors (Lipinski definition) is 0. The molecule has 23 heavy (non-hydrogen) atoms. The van der Waals surface area contributed by atoms with Gasteiger partial charge in [0.15, 0.2) is 11.0 Å². The van der Waals surface area contributed by atoms with E-state index in [0.29, 0.717) is 0 Å². The molecule has 0 saturated carbocycles. The number of nitrogens with zero attached hydrogens (tertiary/aromatic N) is 3. The first kappa shape index (κ1) is 15.8. The molecule has 0 amide bonds. The van der Waals surface area contributed by atoms with Crippen LogP contribution in [0.4, 0.5) is 0 Å². The molecule has 4 heteroatoms. The summed E-state index contributed by atoms with van der Waals surface area (Å²) in [5.74, 6) is 1.97. The predicted octanol–water partition coefficient (Wildman–Crippen LogP) is 4.61. The van der Waals surface area contributed by atoms with Crippen molar-refractivity contribution >= 4 is 11.8 Å². The molecule has 0 fully saturated rings. The van der Waals surface area contributed by atoms with Gasteiger partial charge in [-0.15, -0.1) is 10.2 Å². The minimum Gasteiger partial charge on any atom is -0.302 e. The van der Waals surface area contributed by atoms with Crippen LogP contribution in [0.25, 0.3) is 11.4 Å². The summed E-state index contributed by atoms with van der Waals surface area (Å²) >= 11 is 1.78. The van der Waals surface area contributed by atoms with E-state index in [1.807, 2.05) is 0 Å². The van der Waals surface area contributed by atoms with Crippen molar-refractivity contribution in [2.45, 2.75) is 32.0 Å². The molecule has 3 aromatic rings. The summed E-state index contributed by atoms with van der Waals surface area (Å²) in [6.45, 7) is 5.12. The van der Waals surface area contributed by atoms with Crippen LogP contribution in [0.15, 0.2) is 59.8 Å². The van der Waals surface area contributed by atoms with Crippen LogP contribution in [0, 0.1) is 6.92 Å². The molecule has 0 bridgehead atoms. The highest BCUT2D eigenvalue weighted by Gasteiger charge is 2.13. The summed E-state index contributed by atoms with van der Waals surface area (Å²) in [6.07, 6.45) is 1.04. The van der Waals surface area contributed by atoms with Crippen LogP contribution in [0.5, 0.6) is 0 Å². The molecule has 1 heterocycles. The van der Waals surface area contributed by atoms with Crippen molar-refractivity contribution in [3.8, 4) is 11.4 Å². The number of benzene rings is 2. The maximum Gasteiger partial charge on any atom is 0.191 e. The van der Waals surface area contributed by atoms with Gasteiger partial charge in [-0.25, -0.2) is 0 Å². The highest BCUT2D eigenvalue weighted by atomic mass is 32.2. The van der Waals surface area contributed by atoms with Gasteiger partial charge in [-0.1, -0.05) is 65.9 Å². The molecule has 118 valence electrons. The van der Waals surface area contributed by atoms with Crippen molar-refractivity contribution in [1.29, 1.82) is 0 Å². The van der Waals surface area contributed by atoms with Gasteiger partial charge < -0.3 is 4.57 Å². The minimum absolute atomic E-state index is 0.879. The summed E-state index contributed by atoms with van der Waals surface area (Å²) in [7, 11) is 0. The van der Waals surface area contributed by atoms with E-state index in [1.165, 1.54) is 11.1 Å². The molecule has 0 aliphatic rings. The Balaban J connectivity index is 1.73. The molecule has 3 nitrogen and oxygen atoms in total. The van der Waals surface area contributed by atoms with Crippen LogP contribution in [-0.4, -0.2) is 20.5 Å². The fraction of sp³-hybridized carbons (Fsp3) is 0.263. The summed E-state index contributed by atoms with van der Waals surface area (Å²) in [6, 6.07) is 19.0. The molecule has 0 aliphatic heterocycles. The molecule has 1 aromatic heterocycles. The first-order valence-electron chi connectivity index (χ1n) is 7.95. The molecule has 0 N–H and O–H groups in total. The fourth-order valence-electron chi connectivity index (χ4n) is 2.58.